The highest BCUT2D eigenvalue weighted by Crippen LogP contribution is 2.33. The van der Waals surface area contributed by atoms with Crippen molar-refractivity contribution in [3.63, 3.8) is 0 Å². The van der Waals surface area contributed by atoms with Gasteiger partial charge < -0.3 is 10.1 Å². The molecule has 2 aromatic carbocycles. The van der Waals surface area contributed by atoms with Crippen molar-refractivity contribution in [1.29, 1.82) is 0 Å². The van der Waals surface area contributed by atoms with E-state index < -0.39 is 15.9 Å². The van der Waals surface area contributed by atoms with E-state index in [0.717, 1.165) is 30.7 Å². The number of anilines is 1. The van der Waals surface area contributed by atoms with Crippen molar-refractivity contribution in [3.05, 3.63) is 71.2 Å². The maximum atomic E-state index is 13.6. The molecule has 198 valence electrons. The molecule has 1 fully saturated rings. The fourth-order valence-electron chi connectivity index (χ4n) is 4.89. The second-order valence-corrected chi connectivity index (χ2v) is 11.5. The lowest BCUT2D eigenvalue weighted by Crippen LogP contribution is -2.35. The van der Waals surface area contributed by atoms with Crippen LogP contribution in [0.1, 0.15) is 46.7 Å². The summed E-state index contributed by atoms with van der Waals surface area (Å²) in [7, 11) is -2.11. The third-order valence-electron chi connectivity index (χ3n) is 6.87. The number of nitrogens with zero attached hydrogens (tertiary/aromatic N) is 4. The van der Waals surface area contributed by atoms with E-state index >= 15 is 0 Å². The third-order valence-corrected chi connectivity index (χ3v) is 8.91. The Balaban J connectivity index is 1.64. The van der Waals surface area contributed by atoms with Crippen LogP contribution in [0.5, 0.6) is 5.75 Å². The summed E-state index contributed by atoms with van der Waals surface area (Å²) in [6.45, 7) is 6.59. The Kier molecular flexibility index (Phi) is 6.93. The number of carbonyl (C=O) groups excluding carboxylic acids is 1. The number of rotatable bonds is 6. The van der Waals surface area contributed by atoms with Gasteiger partial charge in [0.15, 0.2) is 11.3 Å². The number of benzene rings is 2. The molecule has 0 spiro atoms. The Morgan fingerprint density at radius 2 is 1.68 bits per heavy atom. The second kappa shape index (κ2) is 10.2. The summed E-state index contributed by atoms with van der Waals surface area (Å²) in [5.74, 6) is 0.252. The Morgan fingerprint density at radius 3 is 2.37 bits per heavy atom. The van der Waals surface area contributed by atoms with E-state index in [-0.39, 0.29) is 10.6 Å². The fourth-order valence-corrected chi connectivity index (χ4v) is 6.66. The number of aryl methyl sites for hydroxylation is 3. The lowest BCUT2D eigenvalue weighted by Gasteiger charge is -2.26. The van der Waals surface area contributed by atoms with Gasteiger partial charge in [0.05, 0.1) is 17.6 Å². The number of carbonyl (C=O) groups is 1. The molecular formula is C28H31N5O4S. The summed E-state index contributed by atoms with van der Waals surface area (Å²) < 4.78 is 35.6. The molecule has 0 bridgehead atoms. The number of amides is 1. The molecular weight excluding hydrogens is 502 g/mol. The monoisotopic (exact) mass is 533 g/mol. The van der Waals surface area contributed by atoms with Crippen LogP contribution in [0.4, 0.5) is 5.69 Å². The molecule has 1 saturated heterocycles. The van der Waals surface area contributed by atoms with Gasteiger partial charge in [-0.3, -0.25) is 4.79 Å². The molecule has 1 amide bonds. The van der Waals surface area contributed by atoms with Crippen LogP contribution in [-0.4, -0.2) is 53.4 Å². The summed E-state index contributed by atoms with van der Waals surface area (Å²) in [6.07, 6.45) is 2.73. The van der Waals surface area contributed by atoms with Gasteiger partial charge in [0.25, 0.3) is 5.91 Å². The number of nitrogens with one attached hydrogen (secondary N) is 1. The minimum Gasteiger partial charge on any atom is -0.497 e. The average molecular weight is 534 g/mol. The smallest absolute Gasteiger partial charge is 0.276 e. The highest BCUT2D eigenvalue weighted by molar-refractivity contribution is 7.89. The molecule has 2 aromatic heterocycles. The second-order valence-electron chi connectivity index (χ2n) is 9.63. The van der Waals surface area contributed by atoms with Gasteiger partial charge in [0.2, 0.25) is 10.0 Å². The maximum absolute atomic E-state index is 13.6. The van der Waals surface area contributed by atoms with E-state index in [4.69, 9.17) is 9.72 Å². The highest BCUT2D eigenvalue weighted by Gasteiger charge is 2.29. The summed E-state index contributed by atoms with van der Waals surface area (Å²) in [5, 5.41) is 7.52. The first kappa shape index (κ1) is 25.9. The van der Waals surface area contributed by atoms with Gasteiger partial charge in [-0.2, -0.15) is 9.40 Å². The number of fused-ring (bicyclic) bond motifs is 1. The van der Waals surface area contributed by atoms with Crippen LogP contribution >= 0.6 is 0 Å². The third kappa shape index (κ3) is 4.77. The summed E-state index contributed by atoms with van der Waals surface area (Å²) in [4.78, 5) is 18.5. The van der Waals surface area contributed by atoms with E-state index in [1.165, 1.54) is 0 Å². The van der Waals surface area contributed by atoms with Crippen molar-refractivity contribution in [2.75, 3.05) is 25.5 Å². The molecule has 1 aliphatic heterocycles. The molecule has 9 nitrogen and oxygen atoms in total. The Morgan fingerprint density at radius 1 is 0.974 bits per heavy atom. The van der Waals surface area contributed by atoms with Crippen molar-refractivity contribution >= 4 is 27.3 Å². The number of aromatic nitrogens is 3. The quantitative estimate of drug-likeness (QED) is 0.383. The summed E-state index contributed by atoms with van der Waals surface area (Å²) in [6, 6.07) is 14.1. The summed E-state index contributed by atoms with van der Waals surface area (Å²) >= 11 is 0. The zero-order valence-corrected chi connectivity index (χ0v) is 22.8. The van der Waals surface area contributed by atoms with Gasteiger partial charge in [-0.25, -0.2) is 17.9 Å². The van der Waals surface area contributed by atoms with Crippen LogP contribution in [0.2, 0.25) is 0 Å². The molecule has 10 heteroatoms. The first-order valence-corrected chi connectivity index (χ1v) is 14.1. The number of piperidine rings is 1. The number of ether oxygens (including phenoxy) is 1. The zero-order valence-electron chi connectivity index (χ0n) is 22.0. The van der Waals surface area contributed by atoms with E-state index in [1.807, 2.05) is 26.0 Å². The molecule has 5 rings (SSSR count). The largest absolute Gasteiger partial charge is 0.497 e. The van der Waals surface area contributed by atoms with Crippen LogP contribution in [0.25, 0.3) is 16.8 Å². The zero-order chi connectivity index (χ0) is 27.0. The van der Waals surface area contributed by atoms with Crippen molar-refractivity contribution in [2.24, 2.45) is 0 Å². The van der Waals surface area contributed by atoms with Crippen LogP contribution in [0.3, 0.4) is 0 Å². The molecule has 1 N–H and O–H groups in total. The van der Waals surface area contributed by atoms with E-state index in [0.29, 0.717) is 46.9 Å². The van der Waals surface area contributed by atoms with Gasteiger partial charge >= 0.3 is 0 Å². The Labute approximate surface area is 222 Å². The lowest BCUT2D eigenvalue weighted by atomic mass is 10.0. The van der Waals surface area contributed by atoms with Gasteiger partial charge in [0.1, 0.15) is 5.75 Å². The topological polar surface area (TPSA) is 106 Å². The number of sulfonamides is 1. The summed E-state index contributed by atoms with van der Waals surface area (Å²) in [5.41, 5.74) is 4.52. The van der Waals surface area contributed by atoms with Crippen molar-refractivity contribution in [2.45, 2.75) is 44.9 Å². The SMILES string of the molecule is COc1ccc(NC(=O)c2nn3c(C)cc(C)nc3c2-c2ccc(C)c(S(=O)(=O)N3CCCCC3)c2)cc1. The van der Waals surface area contributed by atoms with Crippen molar-refractivity contribution < 1.29 is 17.9 Å². The molecule has 0 saturated carbocycles. The molecule has 0 atom stereocenters. The molecule has 38 heavy (non-hydrogen) atoms. The van der Waals surface area contributed by atoms with E-state index in [9.17, 15) is 13.2 Å². The first-order chi connectivity index (χ1) is 18.2. The van der Waals surface area contributed by atoms with Crippen molar-refractivity contribution in [1.82, 2.24) is 18.9 Å². The Hall–Kier alpha value is -3.76. The molecule has 0 unspecified atom stereocenters. The number of methoxy groups -OCH3 is 1. The predicted octanol–water partition coefficient (Wildman–Crippen LogP) is 4.76. The molecule has 4 aromatic rings. The predicted molar refractivity (Wildman–Crippen MR) is 146 cm³/mol. The van der Waals surface area contributed by atoms with Gasteiger partial charge in [-0.05, 0) is 81.1 Å². The normalized spacial score (nSPS) is 14.5. The van der Waals surface area contributed by atoms with E-state index in [2.05, 4.69) is 10.4 Å². The van der Waals surface area contributed by atoms with Crippen LogP contribution in [0, 0.1) is 20.8 Å². The van der Waals surface area contributed by atoms with E-state index in [1.54, 1.807) is 59.3 Å². The van der Waals surface area contributed by atoms with Gasteiger partial charge in [0, 0.05) is 30.2 Å². The minimum atomic E-state index is -3.69. The van der Waals surface area contributed by atoms with Gasteiger partial charge in [-0.15, -0.1) is 0 Å². The average Bonchev–Trinajstić information content (AvgIpc) is 3.30. The number of hydrogen-bond acceptors (Lipinski definition) is 6. The van der Waals surface area contributed by atoms with Crippen LogP contribution in [-0.2, 0) is 10.0 Å². The number of hydrogen-bond donors (Lipinski definition) is 1. The molecule has 0 radical (unpaired) electrons. The minimum absolute atomic E-state index is 0.159. The first-order valence-electron chi connectivity index (χ1n) is 12.6. The van der Waals surface area contributed by atoms with Gasteiger partial charge in [-0.1, -0.05) is 18.6 Å². The fraction of sp³-hybridized carbons (Fsp3) is 0.321. The highest BCUT2D eigenvalue weighted by atomic mass is 32.2. The molecule has 1 aliphatic rings. The molecule has 3 heterocycles. The molecule has 0 aliphatic carbocycles. The van der Waals surface area contributed by atoms with Crippen LogP contribution < -0.4 is 10.1 Å². The van der Waals surface area contributed by atoms with Crippen LogP contribution in [0.15, 0.2) is 53.4 Å². The standard InChI is InChI=1S/C28H31N5O4S/c1-18-8-9-21(17-24(18)38(35,36)32-14-6-5-7-15-32)25-26(31-33-20(3)16-19(2)29-27(25)33)28(34)30-22-10-12-23(37-4)13-11-22/h8-13,16-17H,5-7,14-15H2,1-4H3,(H,30,34). The Bertz CT molecular complexity index is 1620. The van der Waals surface area contributed by atoms with Crippen molar-refractivity contribution in [3.8, 4) is 16.9 Å². The maximum Gasteiger partial charge on any atom is 0.276 e. The lowest BCUT2D eigenvalue weighted by molar-refractivity contribution is 0.102.